The van der Waals surface area contributed by atoms with Crippen molar-refractivity contribution in [1.82, 2.24) is 9.78 Å². The second kappa shape index (κ2) is 4.87. The summed E-state index contributed by atoms with van der Waals surface area (Å²) in [5, 5.41) is 6.44. The van der Waals surface area contributed by atoms with Gasteiger partial charge in [-0.15, -0.1) is 0 Å². The number of aromatic nitrogens is 2. The van der Waals surface area contributed by atoms with Gasteiger partial charge in [-0.1, -0.05) is 0 Å². The number of rotatable bonds is 3. The largest absolute Gasteiger partial charge is 0.399 e. The Kier molecular flexibility index (Phi) is 3.27. The summed E-state index contributed by atoms with van der Waals surface area (Å²) in [6.07, 6.45) is 1.60. The first-order valence-electron chi connectivity index (χ1n) is 5.39. The van der Waals surface area contributed by atoms with Gasteiger partial charge in [0.05, 0.1) is 5.69 Å². The Bertz CT molecular complexity index is 579. The molecule has 2 rings (SSSR count). The number of halogens is 1. The zero-order chi connectivity index (χ0) is 13.1. The van der Waals surface area contributed by atoms with Gasteiger partial charge in [-0.25, -0.2) is 4.39 Å². The second-order valence-electron chi connectivity index (χ2n) is 3.92. The summed E-state index contributed by atoms with van der Waals surface area (Å²) in [6, 6.07) is 5.81. The summed E-state index contributed by atoms with van der Waals surface area (Å²) in [7, 11) is 0. The minimum atomic E-state index is -0.519. The average Bonchev–Trinajstić information content (AvgIpc) is 2.70. The Hall–Kier alpha value is -2.37. The summed E-state index contributed by atoms with van der Waals surface area (Å²) in [6.45, 7) is 1.87. The van der Waals surface area contributed by atoms with Crippen LogP contribution in [-0.4, -0.2) is 15.7 Å². The van der Waals surface area contributed by atoms with Gasteiger partial charge in [-0.3, -0.25) is 9.48 Å². The molecular weight excluding hydrogens is 235 g/mol. The molecule has 0 saturated carbocycles. The Morgan fingerprint density at radius 1 is 1.50 bits per heavy atom. The predicted molar refractivity (Wildman–Crippen MR) is 66.4 cm³/mol. The molecule has 0 fully saturated rings. The van der Waals surface area contributed by atoms with Gasteiger partial charge < -0.3 is 11.1 Å². The third-order valence-electron chi connectivity index (χ3n) is 2.49. The van der Waals surface area contributed by atoms with Crippen molar-refractivity contribution in [3.05, 3.63) is 42.0 Å². The van der Waals surface area contributed by atoms with Crippen LogP contribution >= 0.6 is 0 Å². The number of amides is 1. The molecule has 1 aromatic heterocycles. The van der Waals surface area contributed by atoms with E-state index < -0.39 is 5.82 Å². The normalized spacial score (nSPS) is 10.3. The standard InChI is InChI=1S/C12H13FN4O/c1-8-4-5-15-17(8)7-12(18)16-11-6-9(14)2-3-10(11)13/h2-6H,7,14H2,1H3,(H,16,18). The molecule has 0 spiro atoms. The first kappa shape index (κ1) is 12.1. The Balaban J connectivity index is 2.08. The van der Waals surface area contributed by atoms with E-state index in [2.05, 4.69) is 10.4 Å². The van der Waals surface area contributed by atoms with Crippen molar-refractivity contribution < 1.29 is 9.18 Å². The number of carbonyl (C=O) groups excluding carboxylic acids is 1. The number of nitrogens with zero attached hydrogens (tertiary/aromatic N) is 2. The van der Waals surface area contributed by atoms with Crippen molar-refractivity contribution in [2.24, 2.45) is 0 Å². The Morgan fingerprint density at radius 2 is 2.28 bits per heavy atom. The zero-order valence-corrected chi connectivity index (χ0v) is 9.85. The van der Waals surface area contributed by atoms with Gasteiger partial charge in [0.15, 0.2) is 0 Å². The SMILES string of the molecule is Cc1ccnn1CC(=O)Nc1cc(N)ccc1F. The molecule has 2 aromatic rings. The van der Waals surface area contributed by atoms with E-state index in [0.29, 0.717) is 5.69 Å². The molecule has 0 aliphatic rings. The van der Waals surface area contributed by atoms with Crippen LogP contribution in [0.15, 0.2) is 30.5 Å². The molecular formula is C12H13FN4O. The summed E-state index contributed by atoms with van der Waals surface area (Å²) in [5.41, 5.74) is 6.85. The Morgan fingerprint density at radius 3 is 2.94 bits per heavy atom. The maximum atomic E-state index is 13.4. The van der Waals surface area contributed by atoms with E-state index in [-0.39, 0.29) is 18.1 Å². The number of aryl methyl sites for hydroxylation is 1. The lowest BCUT2D eigenvalue weighted by atomic mass is 10.2. The molecule has 5 nitrogen and oxygen atoms in total. The van der Waals surface area contributed by atoms with E-state index in [9.17, 15) is 9.18 Å². The van der Waals surface area contributed by atoms with E-state index in [1.54, 1.807) is 12.3 Å². The monoisotopic (exact) mass is 248 g/mol. The summed E-state index contributed by atoms with van der Waals surface area (Å²) < 4.78 is 14.9. The van der Waals surface area contributed by atoms with E-state index in [0.717, 1.165) is 5.69 Å². The van der Waals surface area contributed by atoms with E-state index >= 15 is 0 Å². The molecule has 0 bridgehead atoms. The molecule has 0 aliphatic heterocycles. The zero-order valence-electron chi connectivity index (χ0n) is 9.85. The van der Waals surface area contributed by atoms with E-state index in [4.69, 9.17) is 5.73 Å². The first-order valence-corrected chi connectivity index (χ1v) is 5.39. The number of nitrogens with two attached hydrogens (primary N) is 1. The lowest BCUT2D eigenvalue weighted by molar-refractivity contribution is -0.117. The molecule has 0 radical (unpaired) electrons. The minimum absolute atomic E-state index is 0.0348. The molecule has 18 heavy (non-hydrogen) atoms. The van der Waals surface area contributed by atoms with Gasteiger partial charge in [-0.05, 0) is 31.2 Å². The van der Waals surface area contributed by atoms with Crippen LogP contribution in [0.4, 0.5) is 15.8 Å². The lowest BCUT2D eigenvalue weighted by Crippen LogP contribution is -2.20. The predicted octanol–water partition coefficient (Wildman–Crippen LogP) is 1.55. The fourth-order valence-electron chi connectivity index (χ4n) is 1.53. The highest BCUT2D eigenvalue weighted by molar-refractivity contribution is 5.91. The summed E-state index contributed by atoms with van der Waals surface area (Å²) in [5.74, 6) is -0.874. The molecule has 0 atom stereocenters. The molecule has 0 aliphatic carbocycles. The maximum absolute atomic E-state index is 13.4. The van der Waals surface area contributed by atoms with Crippen LogP contribution in [0.1, 0.15) is 5.69 Å². The van der Waals surface area contributed by atoms with Crippen LogP contribution in [0.25, 0.3) is 0 Å². The number of hydrogen-bond acceptors (Lipinski definition) is 3. The minimum Gasteiger partial charge on any atom is -0.399 e. The summed E-state index contributed by atoms with van der Waals surface area (Å²) >= 11 is 0. The molecule has 94 valence electrons. The van der Waals surface area contributed by atoms with Crippen molar-refractivity contribution in [1.29, 1.82) is 0 Å². The molecule has 0 saturated heterocycles. The van der Waals surface area contributed by atoms with Gasteiger partial charge >= 0.3 is 0 Å². The fraction of sp³-hybridized carbons (Fsp3) is 0.167. The third-order valence-corrected chi connectivity index (χ3v) is 2.49. The highest BCUT2D eigenvalue weighted by atomic mass is 19.1. The second-order valence-corrected chi connectivity index (χ2v) is 3.92. The summed E-state index contributed by atoms with van der Waals surface area (Å²) in [4.78, 5) is 11.7. The molecule has 1 heterocycles. The number of benzene rings is 1. The van der Waals surface area contributed by atoms with Gasteiger partial charge in [0.2, 0.25) is 5.91 Å². The average molecular weight is 248 g/mol. The van der Waals surface area contributed by atoms with E-state index in [1.165, 1.54) is 22.9 Å². The van der Waals surface area contributed by atoms with Crippen LogP contribution in [0.5, 0.6) is 0 Å². The highest BCUT2D eigenvalue weighted by Gasteiger charge is 2.09. The van der Waals surface area contributed by atoms with Crippen molar-refractivity contribution >= 4 is 17.3 Å². The number of nitrogen functional groups attached to an aromatic ring is 1. The molecule has 6 heteroatoms. The molecule has 1 amide bonds. The van der Waals surface area contributed by atoms with Gasteiger partial charge in [0.25, 0.3) is 0 Å². The molecule has 0 unspecified atom stereocenters. The van der Waals surface area contributed by atoms with Crippen LogP contribution in [-0.2, 0) is 11.3 Å². The van der Waals surface area contributed by atoms with Crippen molar-refractivity contribution in [3.63, 3.8) is 0 Å². The third kappa shape index (κ3) is 2.65. The van der Waals surface area contributed by atoms with Crippen molar-refractivity contribution in [2.75, 3.05) is 11.1 Å². The maximum Gasteiger partial charge on any atom is 0.246 e. The molecule has 1 aromatic carbocycles. The van der Waals surface area contributed by atoms with Crippen LogP contribution < -0.4 is 11.1 Å². The number of hydrogen-bond donors (Lipinski definition) is 2. The smallest absolute Gasteiger partial charge is 0.246 e. The van der Waals surface area contributed by atoms with Crippen LogP contribution in [0.2, 0.25) is 0 Å². The quantitative estimate of drug-likeness (QED) is 0.809. The number of nitrogens with one attached hydrogen (secondary N) is 1. The van der Waals surface area contributed by atoms with E-state index in [1.807, 2.05) is 6.92 Å². The highest BCUT2D eigenvalue weighted by Crippen LogP contribution is 2.17. The van der Waals surface area contributed by atoms with Gasteiger partial charge in [-0.2, -0.15) is 5.10 Å². The van der Waals surface area contributed by atoms with Gasteiger partial charge in [0, 0.05) is 17.6 Å². The Labute approximate surface area is 103 Å². The number of anilines is 2. The number of carbonyl (C=O) groups is 1. The van der Waals surface area contributed by atoms with Gasteiger partial charge in [0.1, 0.15) is 12.4 Å². The van der Waals surface area contributed by atoms with Crippen LogP contribution in [0.3, 0.4) is 0 Å². The van der Waals surface area contributed by atoms with Crippen molar-refractivity contribution in [3.8, 4) is 0 Å². The van der Waals surface area contributed by atoms with Crippen LogP contribution in [0, 0.1) is 12.7 Å². The first-order chi connectivity index (χ1) is 8.56. The van der Waals surface area contributed by atoms with Crippen molar-refractivity contribution in [2.45, 2.75) is 13.5 Å². The molecule has 3 N–H and O–H groups in total. The topological polar surface area (TPSA) is 72.9 Å². The lowest BCUT2D eigenvalue weighted by Gasteiger charge is -2.08. The fourth-order valence-corrected chi connectivity index (χ4v) is 1.53.